The van der Waals surface area contributed by atoms with Crippen LogP contribution in [0.2, 0.25) is 0 Å². The Balaban J connectivity index is 2.00. The third-order valence-electron chi connectivity index (χ3n) is 2.72. The van der Waals surface area contributed by atoms with Crippen LogP contribution in [-0.2, 0) is 4.79 Å². The van der Waals surface area contributed by atoms with Gasteiger partial charge in [0.1, 0.15) is 5.82 Å². The van der Waals surface area contributed by atoms with Gasteiger partial charge in [-0.1, -0.05) is 11.8 Å². The molecule has 4 nitrogen and oxygen atoms in total. The van der Waals surface area contributed by atoms with E-state index in [-0.39, 0.29) is 17.0 Å². The molecule has 0 aliphatic rings. The number of aromatic nitrogens is 2. The van der Waals surface area contributed by atoms with Crippen LogP contribution in [-0.4, -0.2) is 21.1 Å². The lowest BCUT2D eigenvalue weighted by atomic mass is 10.3. The molecule has 0 spiro atoms. The Kier molecular flexibility index (Phi) is 4.90. The quantitative estimate of drug-likeness (QED) is 0.695. The summed E-state index contributed by atoms with van der Waals surface area (Å²) in [6, 6.07) is 7.55. The Morgan fingerprint density at radius 2 is 1.76 bits per heavy atom. The maximum atomic E-state index is 12.8. The molecule has 1 N–H and O–H groups in total. The van der Waals surface area contributed by atoms with Crippen LogP contribution in [0.1, 0.15) is 18.3 Å². The van der Waals surface area contributed by atoms with Crippen molar-refractivity contribution in [3.8, 4) is 0 Å². The van der Waals surface area contributed by atoms with E-state index in [2.05, 4.69) is 15.3 Å². The van der Waals surface area contributed by atoms with E-state index in [1.54, 1.807) is 6.92 Å². The van der Waals surface area contributed by atoms with Crippen LogP contribution < -0.4 is 5.32 Å². The van der Waals surface area contributed by atoms with Crippen molar-refractivity contribution in [2.45, 2.75) is 31.2 Å². The second-order valence-electron chi connectivity index (χ2n) is 4.69. The minimum atomic E-state index is -0.351. The lowest BCUT2D eigenvalue weighted by molar-refractivity contribution is -0.115. The zero-order chi connectivity index (χ0) is 15.4. The lowest BCUT2D eigenvalue weighted by Crippen LogP contribution is -2.22. The van der Waals surface area contributed by atoms with Crippen molar-refractivity contribution in [2.24, 2.45) is 0 Å². The number of carbonyl (C=O) groups is 1. The fraction of sp³-hybridized carbons (Fsp3) is 0.267. The third kappa shape index (κ3) is 4.53. The summed E-state index contributed by atoms with van der Waals surface area (Å²) in [5.74, 6) is -0.506. The minimum Gasteiger partial charge on any atom is -0.325 e. The second kappa shape index (κ2) is 6.67. The van der Waals surface area contributed by atoms with E-state index in [4.69, 9.17) is 0 Å². The largest absolute Gasteiger partial charge is 0.325 e. The van der Waals surface area contributed by atoms with Gasteiger partial charge in [0.15, 0.2) is 5.16 Å². The first-order chi connectivity index (χ1) is 9.94. The molecule has 1 amide bonds. The number of benzene rings is 1. The van der Waals surface area contributed by atoms with Crippen molar-refractivity contribution < 1.29 is 9.18 Å². The molecule has 0 saturated carbocycles. The highest BCUT2D eigenvalue weighted by atomic mass is 32.2. The molecule has 0 saturated heterocycles. The van der Waals surface area contributed by atoms with Gasteiger partial charge in [0, 0.05) is 17.1 Å². The smallest absolute Gasteiger partial charge is 0.237 e. The summed E-state index contributed by atoms with van der Waals surface area (Å²) in [4.78, 5) is 20.7. The predicted molar refractivity (Wildman–Crippen MR) is 81.9 cm³/mol. The lowest BCUT2D eigenvalue weighted by Gasteiger charge is -2.11. The van der Waals surface area contributed by atoms with Gasteiger partial charge < -0.3 is 5.32 Å². The SMILES string of the molecule is Cc1cc(C)nc(S[C@@H](C)C(=O)Nc2ccc(F)cc2)n1. The molecule has 6 heteroatoms. The van der Waals surface area contributed by atoms with Gasteiger partial charge in [0.25, 0.3) is 0 Å². The topological polar surface area (TPSA) is 54.9 Å². The van der Waals surface area contributed by atoms with Gasteiger partial charge in [0.05, 0.1) is 5.25 Å². The number of amides is 1. The Morgan fingerprint density at radius 3 is 2.33 bits per heavy atom. The number of nitrogens with zero attached hydrogens (tertiary/aromatic N) is 2. The molecule has 0 aliphatic heterocycles. The van der Waals surface area contributed by atoms with Crippen molar-refractivity contribution in [2.75, 3.05) is 5.32 Å². The molecule has 1 atom stereocenters. The van der Waals surface area contributed by atoms with Gasteiger partial charge >= 0.3 is 0 Å². The number of carbonyl (C=O) groups excluding carboxylic acids is 1. The minimum absolute atomic E-state index is 0.172. The molecular weight excluding hydrogens is 289 g/mol. The number of thioether (sulfide) groups is 1. The summed E-state index contributed by atoms with van der Waals surface area (Å²) < 4.78 is 12.8. The van der Waals surface area contributed by atoms with E-state index in [1.807, 2.05) is 19.9 Å². The molecule has 0 unspecified atom stereocenters. The summed E-state index contributed by atoms with van der Waals surface area (Å²) in [7, 11) is 0. The number of nitrogens with one attached hydrogen (secondary N) is 1. The van der Waals surface area contributed by atoms with E-state index in [9.17, 15) is 9.18 Å². The average molecular weight is 305 g/mol. The monoisotopic (exact) mass is 305 g/mol. The molecule has 0 bridgehead atoms. The molecule has 1 aromatic carbocycles. The summed E-state index contributed by atoms with van der Waals surface area (Å²) in [6.45, 7) is 5.56. The number of aryl methyl sites for hydroxylation is 2. The van der Waals surface area contributed by atoms with Crippen LogP contribution in [0.4, 0.5) is 10.1 Å². The maximum Gasteiger partial charge on any atom is 0.237 e. The van der Waals surface area contributed by atoms with E-state index < -0.39 is 0 Å². The summed E-state index contributed by atoms with van der Waals surface area (Å²) in [5, 5.41) is 2.96. The fourth-order valence-corrected chi connectivity index (χ4v) is 2.61. The van der Waals surface area contributed by atoms with Gasteiger partial charge in [-0.15, -0.1) is 0 Å². The molecule has 0 fully saturated rings. The standard InChI is InChI=1S/C15H16FN3OS/c1-9-8-10(2)18-15(17-9)21-11(3)14(20)19-13-6-4-12(16)5-7-13/h4-8,11H,1-3H3,(H,19,20)/t11-/m0/s1. The summed E-state index contributed by atoms with van der Waals surface area (Å²) >= 11 is 1.29. The highest BCUT2D eigenvalue weighted by molar-refractivity contribution is 8.00. The van der Waals surface area contributed by atoms with E-state index in [1.165, 1.54) is 36.0 Å². The van der Waals surface area contributed by atoms with Crippen molar-refractivity contribution in [1.82, 2.24) is 9.97 Å². The Morgan fingerprint density at radius 1 is 1.19 bits per heavy atom. The fourth-order valence-electron chi connectivity index (χ4n) is 1.74. The van der Waals surface area contributed by atoms with Crippen molar-refractivity contribution in [3.05, 3.63) is 47.5 Å². The number of anilines is 1. The predicted octanol–water partition coefficient (Wildman–Crippen LogP) is 3.35. The first kappa shape index (κ1) is 15.4. The van der Waals surface area contributed by atoms with Crippen LogP contribution in [0.25, 0.3) is 0 Å². The maximum absolute atomic E-state index is 12.8. The van der Waals surface area contributed by atoms with Crippen molar-refractivity contribution in [3.63, 3.8) is 0 Å². The van der Waals surface area contributed by atoms with Gasteiger partial charge in [-0.05, 0) is 51.1 Å². The molecule has 2 aromatic rings. The van der Waals surface area contributed by atoms with Gasteiger partial charge in [-0.2, -0.15) is 0 Å². The average Bonchev–Trinajstić information content (AvgIpc) is 2.40. The molecule has 2 rings (SSSR count). The Bertz CT molecular complexity index is 626. The Hall–Kier alpha value is -1.95. The van der Waals surface area contributed by atoms with Gasteiger partial charge in [-0.25, -0.2) is 14.4 Å². The number of rotatable bonds is 4. The molecule has 110 valence electrons. The Labute approximate surface area is 127 Å². The van der Waals surface area contributed by atoms with Crippen LogP contribution in [0.3, 0.4) is 0 Å². The van der Waals surface area contributed by atoms with Crippen LogP contribution in [0, 0.1) is 19.7 Å². The highest BCUT2D eigenvalue weighted by Gasteiger charge is 2.16. The molecular formula is C15H16FN3OS. The second-order valence-corrected chi connectivity index (χ2v) is 6.00. The first-order valence-corrected chi connectivity index (χ1v) is 7.37. The van der Waals surface area contributed by atoms with Gasteiger partial charge in [0.2, 0.25) is 5.91 Å². The van der Waals surface area contributed by atoms with Crippen molar-refractivity contribution >= 4 is 23.4 Å². The number of hydrogen-bond acceptors (Lipinski definition) is 4. The molecule has 21 heavy (non-hydrogen) atoms. The van der Waals surface area contributed by atoms with E-state index in [0.29, 0.717) is 10.8 Å². The number of hydrogen-bond donors (Lipinski definition) is 1. The van der Waals surface area contributed by atoms with Crippen LogP contribution in [0.15, 0.2) is 35.5 Å². The molecule has 1 aromatic heterocycles. The summed E-state index contributed by atoms with van der Waals surface area (Å²) in [5.41, 5.74) is 2.31. The zero-order valence-corrected chi connectivity index (χ0v) is 12.9. The van der Waals surface area contributed by atoms with E-state index >= 15 is 0 Å². The van der Waals surface area contributed by atoms with Crippen LogP contribution in [0.5, 0.6) is 0 Å². The van der Waals surface area contributed by atoms with Crippen LogP contribution >= 0.6 is 11.8 Å². The zero-order valence-electron chi connectivity index (χ0n) is 12.1. The first-order valence-electron chi connectivity index (χ1n) is 6.49. The molecule has 1 heterocycles. The number of halogens is 1. The highest BCUT2D eigenvalue weighted by Crippen LogP contribution is 2.21. The third-order valence-corrected chi connectivity index (χ3v) is 3.69. The normalized spacial score (nSPS) is 12.0. The van der Waals surface area contributed by atoms with Gasteiger partial charge in [-0.3, -0.25) is 4.79 Å². The summed E-state index contributed by atoms with van der Waals surface area (Å²) in [6.07, 6.45) is 0. The van der Waals surface area contributed by atoms with E-state index in [0.717, 1.165) is 11.4 Å². The van der Waals surface area contributed by atoms with Crippen molar-refractivity contribution in [1.29, 1.82) is 0 Å². The molecule has 0 aliphatic carbocycles. The molecule has 0 radical (unpaired) electrons.